The zero-order valence-electron chi connectivity index (χ0n) is 15.3. The molecule has 0 bridgehead atoms. The van der Waals surface area contributed by atoms with E-state index in [9.17, 15) is 13.2 Å². The summed E-state index contributed by atoms with van der Waals surface area (Å²) in [6, 6.07) is 0.943. The molecular weight excluding hydrogens is 333 g/mol. The summed E-state index contributed by atoms with van der Waals surface area (Å²) in [5, 5.41) is 3.01. The predicted octanol–water partition coefficient (Wildman–Crippen LogP) is 2.00. The number of aromatic nitrogens is 2. The van der Waals surface area contributed by atoms with Crippen molar-refractivity contribution in [1.82, 2.24) is 19.8 Å². The Bertz CT molecular complexity index is 555. The van der Waals surface area contributed by atoms with Crippen LogP contribution in [0.5, 0.6) is 0 Å². The van der Waals surface area contributed by atoms with Crippen molar-refractivity contribution in [1.29, 1.82) is 0 Å². The molecule has 0 saturated carbocycles. The summed E-state index contributed by atoms with van der Waals surface area (Å²) in [5.74, 6) is 0.250. The Morgan fingerprint density at radius 3 is 2.40 bits per heavy atom. The number of nitrogens with one attached hydrogen (secondary N) is 1. The van der Waals surface area contributed by atoms with Crippen LogP contribution < -0.4 is 10.2 Å². The van der Waals surface area contributed by atoms with E-state index >= 15 is 0 Å². The van der Waals surface area contributed by atoms with E-state index in [0.29, 0.717) is 0 Å². The monoisotopic (exact) mass is 360 g/mol. The Kier molecular flexibility index (Phi) is 6.45. The third-order valence-electron chi connectivity index (χ3n) is 4.31. The quantitative estimate of drug-likeness (QED) is 0.837. The van der Waals surface area contributed by atoms with Crippen LogP contribution in [0.4, 0.5) is 24.9 Å². The van der Waals surface area contributed by atoms with Gasteiger partial charge in [0.25, 0.3) is 0 Å². The average Bonchev–Trinajstić information content (AvgIpc) is 2.53. The number of halogens is 3. The molecule has 0 amide bonds. The highest BCUT2D eigenvalue weighted by atomic mass is 19.4. The normalized spacial score (nSPS) is 18.2. The van der Waals surface area contributed by atoms with Crippen LogP contribution in [0.15, 0.2) is 6.07 Å². The molecule has 1 N–H and O–H groups in total. The number of nitrogens with zero attached hydrogens (tertiary/aromatic N) is 5. The van der Waals surface area contributed by atoms with E-state index in [1.807, 2.05) is 6.92 Å². The van der Waals surface area contributed by atoms with Crippen LogP contribution in [-0.4, -0.2) is 79.7 Å². The molecule has 1 saturated heterocycles. The molecule has 1 aromatic rings. The maximum Gasteiger partial charge on any atom is 0.433 e. The second-order valence-corrected chi connectivity index (χ2v) is 6.81. The zero-order valence-corrected chi connectivity index (χ0v) is 15.3. The van der Waals surface area contributed by atoms with Crippen molar-refractivity contribution in [3.8, 4) is 0 Å². The standard InChI is InChI=1S/C16H27F3N6/c1-12(5-6-25-9-7-24(4)8-10-25)20-15-21-13(16(17,18)19)11-14(22-15)23(2)3/h11-12H,5-10H2,1-4H3,(H,20,21,22). The lowest BCUT2D eigenvalue weighted by Crippen LogP contribution is -2.45. The minimum atomic E-state index is -4.49. The molecule has 142 valence electrons. The molecule has 2 rings (SSSR count). The maximum atomic E-state index is 13.0. The van der Waals surface area contributed by atoms with Gasteiger partial charge in [0.05, 0.1) is 0 Å². The minimum Gasteiger partial charge on any atom is -0.363 e. The molecule has 1 aromatic heterocycles. The lowest BCUT2D eigenvalue weighted by Gasteiger charge is -2.33. The smallest absolute Gasteiger partial charge is 0.363 e. The molecule has 0 radical (unpaired) electrons. The number of likely N-dealkylation sites (N-methyl/N-ethyl adjacent to an activating group) is 1. The second-order valence-electron chi connectivity index (χ2n) is 6.81. The third kappa shape index (κ3) is 6.00. The minimum absolute atomic E-state index is 0.0156. The van der Waals surface area contributed by atoms with Crippen LogP contribution in [0.2, 0.25) is 0 Å². The van der Waals surface area contributed by atoms with E-state index in [1.54, 1.807) is 14.1 Å². The van der Waals surface area contributed by atoms with E-state index in [2.05, 4.69) is 32.1 Å². The van der Waals surface area contributed by atoms with Gasteiger partial charge in [-0.2, -0.15) is 18.2 Å². The first kappa shape index (κ1) is 19.7. The second kappa shape index (κ2) is 8.18. The molecule has 9 heteroatoms. The predicted molar refractivity (Wildman–Crippen MR) is 93.0 cm³/mol. The van der Waals surface area contributed by atoms with E-state index < -0.39 is 11.9 Å². The number of hydrogen-bond donors (Lipinski definition) is 1. The summed E-state index contributed by atoms with van der Waals surface area (Å²) in [6.07, 6.45) is -3.67. The van der Waals surface area contributed by atoms with Gasteiger partial charge >= 0.3 is 6.18 Å². The van der Waals surface area contributed by atoms with Gasteiger partial charge in [-0.25, -0.2) is 4.98 Å². The van der Waals surface area contributed by atoms with Gasteiger partial charge in [0.1, 0.15) is 5.82 Å². The van der Waals surface area contributed by atoms with Crippen molar-refractivity contribution in [2.75, 3.05) is 64.1 Å². The Morgan fingerprint density at radius 2 is 1.84 bits per heavy atom. The van der Waals surface area contributed by atoms with Gasteiger partial charge < -0.3 is 20.0 Å². The third-order valence-corrected chi connectivity index (χ3v) is 4.31. The Morgan fingerprint density at radius 1 is 1.20 bits per heavy atom. The topological polar surface area (TPSA) is 47.5 Å². The average molecular weight is 360 g/mol. The highest BCUT2D eigenvalue weighted by Crippen LogP contribution is 2.30. The molecule has 2 heterocycles. The molecule has 1 unspecified atom stereocenters. The van der Waals surface area contributed by atoms with Crippen molar-refractivity contribution >= 4 is 11.8 Å². The van der Waals surface area contributed by atoms with Gasteiger partial charge in [0.15, 0.2) is 5.69 Å². The molecule has 0 aromatic carbocycles. The lowest BCUT2D eigenvalue weighted by molar-refractivity contribution is -0.141. The first-order valence-electron chi connectivity index (χ1n) is 8.46. The molecule has 0 spiro atoms. The number of alkyl halides is 3. The molecule has 1 atom stereocenters. The number of anilines is 2. The Hall–Kier alpha value is -1.61. The van der Waals surface area contributed by atoms with Crippen molar-refractivity contribution in [2.24, 2.45) is 0 Å². The fourth-order valence-corrected chi connectivity index (χ4v) is 2.61. The lowest BCUT2D eigenvalue weighted by atomic mass is 10.2. The Labute approximate surface area is 147 Å². The van der Waals surface area contributed by atoms with Crippen LogP contribution >= 0.6 is 0 Å². The zero-order chi connectivity index (χ0) is 18.6. The highest BCUT2D eigenvalue weighted by Gasteiger charge is 2.34. The molecule has 25 heavy (non-hydrogen) atoms. The number of hydrogen-bond acceptors (Lipinski definition) is 6. The van der Waals surface area contributed by atoms with E-state index in [4.69, 9.17) is 0 Å². The molecule has 0 aliphatic carbocycles. The van der Waals surface area contributed by atoms with Crippen molar-refractivity contribution in [3.05, 3.63) is 11.8 Å². The van der Waals surface area contributed by atoms with E-state index in [0.717, 1.165) is 45.2 Å². The molecular formula is C16H27F3N6. The highest BCUT2D eigenvalue weighted by molar-refractivity contribution is 5.44. The van der Waals surface area contributed by atoms with Crippen LogP contribution in [0.3, 0.4) is 0 Å². The number of piperazine rings is 1. The summed E-state index contributed by atoms with van der Waals surface area (Å²) in [7, 11) is 5.42. The van der Waals surface area contributed by atoms with E-state index in [1.165, 1.54) is 4.90 Å². The fourth-order valence-electron chi connectivity index (χ4n) is 2.61. The summed E-state index contributed by atoms with van der Waals surface area (Å²) in [5.41, 5.74) is -0.931. The first-order chi connectivity index (χ1) is 11.6. The SMILES string of the molecule is CC(CCN1CCN(C)CC1)Nc1nc(N(C)C)cc(C(F)(F)F)n1. The molecule has 6 nitrogen and oxygen atoms in total. The van der Waals surface area contributed by atoms with Gasteiger partial charge in [-0.3, -0.25) is 0 Å². The summed E-state index contributed by atoms with van der Waals surface area (Å²) in [4.78, 5) is 14.0. The molecule has 1 aliphatic rings. The summed E-state index contributed by atoms with van der Waals surface area (Å²) < 4.78 is 39.1. The summed E-state index contributed by atoms with van der Waals surface area (Å²) in [6.45, 7) is 6.98. The first-order valence-corrected chi connectivity index (χ1v) is 8.46. The van der Waals surface area contributed by atoms with Crippen LogP contribution in [0.1, 0.15) is 19.0 Å². The van der Waals surface area contributed by atoms with Crippen molar-refractivity contribution < 1.29 is 13.2 Å². The largest absolute Gasteiger partial charge is 0.433 e. The van der Waals surface area contributed by atoms with Crippen LogP contribution in [-0.2, 0) is 6.18 Å². The van der Waals surface area contributed by atoms with Crippen molar-refractivity contribution in [3.63, 3.8) is 0 Å². The van der Waals surface area contributed by atoms with E-state index in [-0.39, 0.29) is 17.8 Å². The van der Waals surface area contributed by atoms with Gasteiger partial charge in [0, 0.05) is 58.9 Å². The van der Waals surface area contributed by atoms with Gasteiger partial charge in [-0.15, -0.1) is 0 Å². The van der Waals surface area contributed by atoms with Gasteiger partial charge in [-0.1, -0.05) is 0 Å². The maximum absolute atomic E-state index is 13.0. The fraction of sp³-hybridized carbons (Fsp3) is 0.750. The van der Waals surface area contributed by atoms with Crippen LogP contribution in [0.25, 0.3) is 0 Å². The van der Waals surface area contributed by atoms with Crippen molar-refractivity contribution in [2.45, 2.75) is 25.6 Å². The van der Waals surface area contributed by atoms with Crippen LogP contribution in [0, 0.1) is 0 Å². The summed E-state index contributed by atoms with van der Waals surface area (Å²) >= 11 is 0. The molecule has 1 fully saturated rings. The van der Waals surface area contributed by atoms with Gasteiger partial charge in [-0.05, 0) is 20.4 Å². The Balaban J connectivity index is 1.97. The van der Waals surface area contributed by atoms with Gasteiger partial charge in [0.2, 0.25) is 5.95 Å². The number of rotatable bonds is 6. The molecule has 1 aliphatic heterocycles.